The second kappa shape index (κ2) is 5.08. The molecule has 1 saturated heterocycles. The third kappa shape index (κ3) is 2.22. The average Bonchev–Trinajstić information content (AvgIpc) is 2.78. The van der Waals surface area contributed by atoms with Gasteiger partial charge in [-0.05, 0) is 45.1 Å². The fourth-order valence-corrected chi connectivity index (χ4v) is 2.81. The first kappa shape index (κ1) is 13.7. The SMILES string of the molecule is Cc1c(Cl)cccc1N1CCC(CO)(N(C)C)C1. The quantitative estimate of drug-likeness (QED) is 0.910. The average molecular weight is 269 g/mol. The van der Waals surface area contributed by atoms with Crippen molar-refractivity contribution in [3.05, 3.63) is 28.8 Å². The fourth-order valence-electron chi connectivity index (χ4n) is 2.64. The number of anilines is 1. The van der Waals surface area contributed by atoms with Crippen LogP contribution >= 0.6 is 11.6 Å². The van der Waals surface area contributed by atoms with Gasteiger partial charge in [-0.2, -0.15) is 0 Å². The van der Waals surface area contributed by atoms with Gasteiger partial charge in [-0.1, -0.05) is 17.7 Å². The summed E-state index contributed by atoms with van der Waals surface area (Å²) in [7, 11) is 4.06. The molecular weight excluding hydrogens is 248 g/mol. The maximum atomic E-state index is 9.68. The van der Waals surface area contributed by atoms with Crippen LogP contribution in [0.5, 0.6) is 0 Å². The Labute approximate surface area is 114 Å². The summed E-state index contributed by atoms with van der Waals surface area (Å²) in [5, 5.41) is 10.5. The Bertz CT molecular complexity index is 436. The zero-order valence-corrected chi connectivity index (χ0v) is 12.0. The number of hydrogen-bond donors (Lipinski definition) is 1. The summed E-state index contributed by atoms with van der Waals surface area (Å²) in [5.74, 6) is 0. The fraction of sp³-hybridized carbons (Fsp3) is 0.571. The Kier molecular flexibility index (Phi) is 3.85. The number of halogens is 1. The lowest BCUT2D eigenvalue weighted by Crippen LogP contribution is -2.49. The molecule has 0 spiro atoms. The minimum atomic E-state index is -0.130. The Morgan fingerprint density at radius 2 is 2.17 bits per heavy atom. The largest absolute Gasteiger partial charge is 0.394 e. The van der Waals surface area contributed by atoms with E-state index in [-0.39, 0.29) is 12.1 Å². The van der Waals surface area contributed by atoms with Gasteiger partial charge in [0, 0.05) is 23.8 Å². The van der Waals surface area contributed by atoms with Crippen LogP contribution in [-0.2, 0) is 0 Å². The summed E-state index contributed by atoms with van der Waals surface area (Å²) < 4.78 is 0. The molecule has 3 nitrogen and oxygen atoms in total. The molecule has 0 aromatic heterocycles. The maximum absolute atomic E-state index is 9.68. The van der Waals surface area contributed by atoms with Crippen molar-refractivity contribution < 1.29 is 5.11 Å². The Morgan fingerprint density at radius 1 is 1.44 bits per heavy atom. The third-order valence-corrected chi connectivity index (χ3v) is 4.56. The van der Waals surface area contributed by atoms with Crippen LogP contribution in [0.4, 0.5) is 5.69 Å². The first-order valence-electron chi connectivity index (χ1n) is 6.28. The Morgan fingerprint density at radius 3 is 2.72 bits per heavy atom. The van der Waals surface area contributed by atoms with Crippen molar-refractivity contribution >= 4 is 17.3 Å². The minimum absolute atomic E-state index is 0.130. The zero-order valence-electron chi connectivity index (χ0n) is 11.3. The highest BCUT2D eigenvalue weighted by molar-refractivity contribution is 6.31. The summed E-state index contributed by atoms with van der Waals surface area (Å²) in [6, 6.07) is 6.01. The van der Waals surface area contributed by atoms with Crippen molar-refractivity contribution in [2.45, 2.75) is 18.9 Å². The van der Waals surface area contributed by atoms with Crippen LogP contribution in [0.3, 0.4) is 0 Å². The molecule has 0 saturated carbocycles. The van der Waals surface area contributed by atoms with E-state index >= 15 is 0 Å². The van der Waals surface area contributed by atoms with Gasteiger partial charge in [0.05, 0.1) is 12.1 Å². The molecule has 0 radical (unpaired) electrons. The third-order valence-electron chi connectivity index (χ3n) is 4.16. The van der Waals surface area contributed by atoms with E-state index in [1.165, 1.54) is 5.69 Å². The van der Waals surface area contributed by atoms with Gasteiger partial charge in [0.25, 0.3) is 0 Å². The van der Waals surface area contributed by atoms with Crippen LogP contribution in [0.1, 0.15) is 12.0 Å². The lowest BCUT2D eigenvalue weighted by Gasteiger charge is -2.34. The molecule has 1 unspecified atom stereocenters. The van der Waals surface area contributed by atoms with Crippen molar-refractivity contribution in [1.82, 2.24) is 4.90 Å². The smallest absolute Gasteiger partial charge is 0.0633 e. The molecule has 0 amide bonds. The molecule has 0 aliphatic carbocycles. The molecule has 1 aliphatic heterocycles. The molecule has 1 aromatic carbocycles. The highest BCUT2D eigenvalue weighted by atomic mass is 35.5. The number of likely N-dealkylation sites (N-methyl/N-ethyl adjacent to an activating group) is 1. The Hall–Kier alpha value is -0.770. The van der Waals surface area contributed by atoms with E-state index in [0.29, 0.717) is 0 Å². The van der Waals surface area contributed by atoms with Gasteiger partial charge in [-0.15, -0.1) is 0 Å². The molecule has 1 aliphatic rings. The molecule has 0 bridgehead atoms. The lowest BCUT2D eigenvalue weighted by atomic mass is 9.98. The van der Waals surface area contributed by atoms with E-state index in [2.05, 4.69) is 15.9 Å². The highest BCUT2D eigenvalue weighted by Gasteiger charge is 2.39. The van der Waals surface area contributed by atoms with Crippen LogP contribution in [-0.4, -0.2) is 49.3 Å². The van der Waals surface area contributed by atoms with E-state index in [0.717, 1.165) is 30.1 Å². The summed E-state index contributed by atoms with van der Waals surface area (Å²) >= 11 is 6.17. The molecule has 18 heavy (non-hydrogen) atoms. The number of benzene rings is 1. The van der Waals surface area contributed by atoms with E-state index < -0.39 is 0 Å². The van der Waals surface area contributed by atoms with Crippen molar-refractivity contribution in [3.8, 4) is 0 Å². The van der Waals surface area contributed by atoms with Gasteiger partial charge in [0.15, 0.2) is 0 Å². The number of aliphatic hydroxyl groups excluding tert-OH is 1. The zero-order chi connectivity index (χ0) is 13.3. The molecule has 1 N–H and O–H groups in total. The van der Waals surface area contributed by atoms with Gasteiger partial charge in [-0.25, -0.2) is 0 Å². The van der Waals surface area contributed by atoms with Crippen molar-refractivity contribution in [2.75, 3.05) is 38.7 Å². The van der Waals surface area contributed by atoms with Gasteiger partial charge >= 0.3 is 0 Å². The second-order valence-electron chi connectivity index (χ2n) is 5.33. The Balaban J connectivity index is 2.25. The van der Waals surface area contributed by atoms with Crippen LogP contribution < -0.4 is 4.90 Å². The lowest BCUT2D eigenvalue weighted by molar-refractivity contribution is 0.0867. The topological polar surface area (TPSA) is 26.7 Å². The molecule has 1 heterocycles. The van der Waals surface area contributed by atoms with E-state index in [9.17, 15) is 5.11 Å². The summed E-state index contributed by atoms with van der Waals surface area (Å²) in [6.07, 6.45) is 0.975. The number of hydrogen-bond acceptors (Lipinski definition) is 3. The van der Waals surface area contributed by atoms with Crippen molar-refractivity contribution in [2.24, 2.45) is 0 Å². The summed E-state index contributed by atoms with van der Waals surface area (Å²) in [6.45, 7) is 4.04. The predicted molar refractivity (Wildman–Crippen MR) is 76.5 cm³/mol. The van der Waals surface area contributed by atoms with Gasteiger partial charge in [0.1, 0.15) is 0 Å². The molecular formula is C14H21ClN2O. The molecule has 1 aromatic rings. The monoisotopic (exact) mass is 268 g/mol. The van der Waals surface area contributed by atoms with Crippen LogP contribution in [0.2, 0.25) is 5.02 Å². The first-order valence-corrected chi connectivity index (χ1v) is 6.66. The van der Waals surface area contributed by atoms with Gasteiger partial charge < -0.3 is 10.0 Å². The molecule has 1 atom stereocenters. The predicted octanol–water partition coefficient (Wildman–Crippen LogP) is 2.15. The minimum Gasteiger partial charge on any atom is -0.394 e. The number of aliphatic hydroxyl groups is 1. The molecule has 2 rings (SSSR count). The second-order valence-corrected chi connectivity index (χ2v) is 5.74. The van der Waals surface area contributed by atoms with Crippen LogP contribution in [0, 0.1) is 6.92 Å². The van der Waals surface area contributed by atoms with Gasteiger partial charge in [-0.3, -0.25) is 4.90 Å². The van der Waals surface area contributed by atoms with Crippen LogP contribution in [0.15, 0.2) is 18.2 Å². The van der Waals surface area contributed by atoms with Crippen molar-refractivity contribution in [1.29, 1.82) is 0 Å². The summed E-state index contributed by atoms with van der Waals surface area (Å²) in [5.41, 5.74) is 2.17. The normalized spacial score (nSPS) is 24.0. The van der Waals surface area contributed by atoms with E-state index in [1.54, 1.807) is 0 Å². The van der Waals surface area contributed by atoms with Crippen molar-refractivity contribution in [3.63, 3.8) is 0 Å². The van der Waals surface area contributed by atoms with E-state index in [4.69, 9.17) is 11.6 Å². The van der Waals surface area contributed by atoms with Crippen LogP contribution in [0.25, 0.3) is 0 Å². The molecule has 4 heteroatoms. The first-order chi connectivity index (χ1) is 8.50. The summed E-state index contributed by atoms with van der Waals surface area (Å²) in [4.78, 5) is 4.45. The number of nitrogens with zero attached hydrogens (tertiary/aromatic N) is 2. The maximum Gasteiger partial charge on any atom is 0.0633 e. The number of rotatable bonds is 3. The molecule has 100 valence electrons. The van der Waals surface area contributed by atoms with Gasteiger partial charge in [0.2, 0.25) is 0 Å². The highest BCUT2D eigenvalue weighted by Crippen LogP contribution is 2.33. The standard InChI is InChI=1S/C14H21ClN2O/c1-11-12(15)5-4-6-13(11)17-8-7-14(9-17,10-18)16(2)3/h4-6,18H,7-10H2,1-3H3. The van der Waals surface area contributed by atoms with E-state index in [1.807, 2.05) is 33.2 Å². The molecule has 1 fully saturated rings.